The van der Waals surface area contributed by atoms with Gasteiger partial charge in [-0.05, 0) is 19.1 Å². The minimum absolute atomic E-state index is 0.0107. The number of rotatable bonds is 3. The molecule has 0 spiro atoms. The number of hydrogen-bond donors (Lipinski definition) is 2. The van der Waals surface area contributed by atoms with Gasteiger partial charge in [-0.1, -0.05) is 29.8 Å². The van der Waals surface area contributed by atoms with Crippen molar-refractivity contribution in [1.29, 1.82) is 0 Å². The van der Waals surface area contributed by atoms with Crippen LogP contribution in [0.25, 0.3) is 0 Å². The standard InChI is InChI=1S/C10H13NO/c1-8-4-3-5-10(6-8)7-11-9(2)12/h3-6,11-12H,2,7H2,1H3. The Morgan fingerprint density at radius 1 is 1.58 bits per heavy atom. The molecule has 0 heterocycles. The summed E-state index contributed by atoms with van der Waals surface area (Å²) in [5, 5.41) is 11.5. The second kappa shape index (κ2) is 3.81. The van der Waals surface area contributed by atoms with E-state index in [0.717, 1.165) is 5.56 Å². The van der Waals surface area contributed by atoms with Gasteiger partial charge in [0.25, 0.3) is 0 Å². The summed E-state index contributed by atoms with van der Waals surface area (Å²) < 4.78 is 0. The maximum atomic E-state index is 8.78. The molecule has 0 aliphatic rings. The zero-order chi connectivity index (χ0) is 8.97. The lowest BCUT2D eigenvalue weighted by Crippen LogP contribution is -2.10. The molecule has 1 aromatic rings. The molecular formula is C10H13NO. The van der Waals surface area contributed by atoms with E-state index in [1.165, 1.54) is 5.56 Å². The van der Waals surface area contributed by atoms with Crippen LogP contribution in [0.2, 0.25) is 0 Å². The third-order valence-corrected chi connectivity index (χ3v) is 1.58. The fraction of sp³-hybridized carbons (Fsp3) is 0.200. The molecule has 1 rings (SSSR count). The molecule has 0 saturated carbocycles. The molecule has 1 aromatic carbocycles. The minimum atomic E-state index is 0.0107. The Hall–Kier alpha value is -1.44. The Labute approximate surface area is 72.5 Å². The van der Waals surface area contributed by atoms with Gasteiger partial charge in [0.05, 0.1) is 0 Å². The number of nitrogens with one attached hydrogen (secondary N) is 1. The average Bonchev–Trinajstić information content (AvgIpc) is 2.01. The third-order valence-electron chi connectivity index (χ3n) is 1.58. The van der Waals surface area contributed by atoms with Gasteiger partial charge in [0.1, 0.15) is 0 Å². The lowest BCUT2D eigenvalue weighted by molar-refractivity contribution is 0.366. The fourth-order valence-corrected chi connectivity index (χ4v) is 1.03. The quantitative estimate of drug-likeness (QED) is 0.669. The van der Waals surface area contributed by atoms with Crippen molar-refractivity contribution in [2.75, 3.05) is 0 Å². The van der Waals surface area contributed by atoms with Crippen molar-refractivity contribution < 1.29 is 5.11 Å². The first-order valence-corrected chi connectivity index (χ1v) is 3.86. The summed E-state index contributed by atoms with van der Waals surface area (Å²) in [4.78, 5) is 0. The summed E-state index contributed by atoms with van der Waals surface area (Å²) >= 11 is 0. The number of aliphatic hydroxyl groups excluding tert-OH is 1. The molecule has 0 atom stereocenters. The maximum Gasteiger partial charge on any atom is 0.176 e. The van der Waals surface area contributed by atoms with Crippen LogP contribution in [-0.4, -0.2) is 5.11 Å². The molecule has 0 aromatic heterocycles. The van der Waals surface area contributed by atoms with Crippen molar-refractivity contribution in [1.82, 2.24) is 5.32 Å². The highest BCUT2D eigenvalue weighted by Crippen LogP contribution is 2.03. The smallest absolute Gasteiger partial charge is 0.176 e. The molecule has 0 saturated heterocycles. The normalized spacial score (nSPS) is 9.42. The van der Waals surface area contributed by atoms with Gasteiger partial charge in [0.15, 0.2) is 5.88 Å². The van der Waals surface area contributed by atoms with Gasteiger partial charge in [-0.2, -0.15) is 0 Å². The molecule has 2 heteroatoms. The van der Waals surface area contributed by atoms with E-state index in [4.69, 9.17) is 5.11 Å². The predicted octanol–water partition coefficient (Wildman–Crippen LogP) is 2.11. The molecule has 0 bridgehead atoms. The van der Waals surface area contributed by atoms with Gasteiger partial charge in [0, 0.05) is 6.54 Å². The van der Waals surface area contributed by atoms with E-state index in [9.17, 15) is 0 Å². The molecule has 12 heavy (non-hydrogen) atoms. The summed E-state index contributed by atoms with van der Waals surface area (Å²) in [5.74, 6) is 0.0107. The van der Waals surface area contributed by atoms with Crippen LogP contribution < -0.4 is 5.32 Å². The largest absolute Gasteiger partial charge is 0.495 e. The molecule has 0 aliphatic heterocycles. The van der Waals surface area contributed by atoms with Gasteiger partial charge in [0.2, 0.25) is 0 Å². The lowest BCUT2D eigenvalue weighted by atomic mass is 10.1. The van der Waals surface area contributed by atoms with Crippen LogP contribution >= 0.6 is 0 Å². The maximum absolute atomic E-state index is 8.78. The Bertz CT molecular complexity index is 281. The summed E-state index contributed by atoms with van der Waals surface area (Å²) in [6.45, 7) is 6.00. The summed E-state index contributed by atoms with van der Waals surface area (Å²) in [6, 6.07) is 8.10. The number of aryl methyl sites for hydroxylation is 1. The highest BCUT2D eigenvalue weighted by atomic mass is 16.3. The van der Waals surface area contributed by atoms with Crippen molar-refractivity contribution in [2.45, 2.75) is 13.5 Å². The summed E-state index contributed by atoms with van der Waals surface area (Å²) in [7, 11) is 0. The number of aliphatic hydroxyl groups is 1. The molecule has 0 radical (unpaired) electrons. The van der Waals surface area contributed by atoms with Gasteiger partial charge in [-0.3, -0.25) is 0 Å². The molecule has 64 valence electrons. The highest BCUT2D eigenvalue weighted by molar-refractivity contribution is 5.22. The van der Waals surface area contributed by atoms with Crippen molar-refractivity contribution in [2.24, 2.45) is 0 Å². The third kappa shape index (κ3) is 2.66. The molecule has 0 fully saturated rings. The fourth-order valence-electron chi connectivity index (χ4n) is 1.03. The van der Waals surface area contributed by atoms with Crippen LogP contribution in [0.4, 0.5) is 0 Å². The van der Waals surface area contributed by atoms with Crippen LogP contribution in [0, 0.1) is 6.92 Å². The second-order valence-corrected chi connectivity index (χ2v) is 2.79. The Morgan fingerprint density at radius 2 is 2.33 bits per heavy atom. The van der Waals surface area contributed by atoms with E-state index >= 15 is 0 Å². The van der Waals surface area contributed by atoms with Crippen molar-refractivity contribution in [3.05, 3.63) is 47.9 Å². The van der Waals surface area contributed by atoms with Crippen molar-refractivity contribution >= 4 is 0 Å². The first-order chi connectivity index (χ1) is 5.68. The van der Waals surface area contributed by atoms with E-state index < -0.39 is 0 Å². The van der Waals surface area contributed by atoms with Crippen LogP contribution in [-0.2, 0) is 6.54 Å². The Morgan fingerprint density at radius 3 is 2.92 bits per heavy atom. The van der Waals surface area contributed by atoms with E-state index in [2.05, 4.69) is 18.0 Å². The van der Waals surface area contributed by atoms with Gasteiger partial charge < -0.3 is 10.4 Å². The zero-order valence-electron chi connectivity index (χ0n) is 7.17. The Balaban J connectivity index is 2.57. The highest BCUT2D eigenvalue weighted by Gasteiger charge is 1.92. The minimum Gasteiger partial charge on any atom is -0.495 e. The van der Waals surface area contributed by atoms with Gasteiger partial charge in [-0.25, -0.2) is 0 Å². The first kappa shape index (κ1) is 8.65. The van der Waals surface area contributed by atoms with Crippen LogP contribution in [0.1, 0.15) is 11.1 Å². The zero-order valence-corrected chi connectivity index (χ0v) is 7.17. The molecule has 2 N–H and O–H groups in total. The van der Waals surface area contributed by atoms with Crippen LogP contribution in [0.5, 0.6) is 0 Å². The SMILES string of the molecule is C=C(O)NCc1cccc(C)c1. The van der Waals surface area contributed by atoms with E-state index in [1.807, 2.05) is 25.1 Å². The molecule has 0 unspecified atom stereocenters. The molecule has 2 nitrogen and oxygen atoms in total. The van der Waals surface area contributed by atoms with Gasteiger partial charge >= 0.3 is 0 Å². The topological polar surface area (TPSA) is 32.3 Å². The summed E-state index contributed by atoms with van der Waals surface area (Å²) in [6.07, 6.45) is 0. The monoisotopic (exact) mass is 163 g/mol. The van der Waals surface area contributed by atoms with E-state index in [0.29, 0.717) is 6.54 Å². The van der Waals surface area contributed by atoms with Crippen LogP contribution in [0.15, 0.2) is 36.7 Å². The second-order valence-electron chi connectivity index (χ2n) is 2.79. The van der Waals surface area contributed by atoms with E-state index in [-0.39, 0.29) is 5.88 Å². The average molecular weight is 163 g/mol. The van der Waals surface area contributed by atoms with Crippen LogP contribution in [0.3, 0.4) is 0 Å². The molecular weight excluding hydrogens is 150 g/mol. The Kier molecular flexibility index (Phi) is 2.75. The predicted molar refractivity (Wildman–Crippen MR) is 49.8 cm³/mol. The number of benzene rings is 1. The summed E-state index contributed by atoms with van der Waals surface area (Å²) in [5.41, 5.74) is 2.36. The number of hydrogen-bond acceptors (Lipinski definition) is 2. The van der Waals surface area contributed by atoms with Crippen molar-refractivity contribution in [3.63, 3.8) is 0 Å². The molecule has 0 aliphatic carbocycles. The molecule has 0 amide bonds. The van der Waals surface area contributed by atoms with E-state index in [1.54, 1.807) is 0 Å². The van der Waals surface area contributed by atoms with Crippen molar-refractivity contribution in [3.8, 4) is 0 Å². The van der Waals surface area contributed by atoms with Gasteiger partial charge in [-0.15, -0.1) is 0 Å². The lowest BCUT2D eigenvalue weighted by Gasteiger charge is -2.04. The first-order valence-electron chi connectivity index (χ1n) is 3.86.